The van der Waals surface area contributed by atoms with Crippen LogP contribution in [0, 0.1) is 13.8 Å². The first-order valence-corrected chi connectivity index (χ1v) is 35.1. The highest BCUT2D eigenvalue weighted by molar-refractivity contribution is 7.90. The summed E-state index contributed by atoms with van der Waals surface area (Å²) in [5.41, 5.74) is 12.1. The average molecular weight is 1280 g/mol. The lowest BCUT2D eigenvalue weighted by atomic mass is 9.93. The van der Waals surface area contributed by atoms with Gasteiger partial charge in [-0.15, -0.1) is 5.10 Å². The van der Waals surface area contributed by atoms with Gasteiger partial charge in [0.25, 0.3) is 10.1 Å². The van der Waals surface area contributed by atoms with Gasteiger partial charge in [0.2, 0.25) is 11.8 Å². The lowest BCUT2D eigenvalue weighted by Gasteiger charge is -2.36. The number of hydrogen-bond acceptors (Lipinski definition) is 21. The van der Waals surface area contributed by atoms with Gasteiger partial charge in [-0.1, -0.05) is 47.1 Å². The summed E-state index contributed by atoms with van der Waals surface area (Å²) in [6.45, 7) is 14.7. The standard InChI is InChI=1S/C55H78ClN9O16P2S2/c1-8-78-82(68,79-9-2)26-19-59-54(66)50(38-85(72,73)74)60-31-43-28-48(56)53(29-52(43)75-34-41-27-45(32-58-30-41)84(7,70)71)76-35-42-15-12-16-46(39(42)5)47-17-13-18-51(40(47)6)77-36-44-33-65(62-61-44)21-14-20-63-22-24-64(25-23-63)55(67)49(57)37-83(69,80-10-3)81-11-4/h12-13,15-18,27-30,32-33,49-50,60H,8-11,14,19-26,31,34-38,57H2,1-7H3,(H,59,66)(H,72,73,74)/t49-,50-/m0/s1. The molecule has 0 bridgehead atoms. The van der Waals surface area contributed by atoms with Crippen molar-refractivity contribution in [2.45, 2.75) is 97.9 Å². The maximum Gasteiger partial charge on any atom is 0.332 e. The number of nitrogens with one attached hydrogen (secondary N) is 2. The van der Waals surface area contributed by atoms with Crippen LogP contribution in [0.1, 0.15) is 67.6 Å². The van der Waals surface area contributed by atoms with Crippen molar-refractivity contribution in [2.24, 2.45) is 5.73 Å². The average Bonchev–Trinajstić information content (AvgIpc) is 3.56. The summed E-state index contributed by atoms with van der Waals surface area (Å²) in [4.78, 5) is 34.5. The lowest BCUT2D eigenvalue weighted by molar-refractivity contribution is -0.134. The van der Waals surface area contributed by atoms with E-state index in [9.17, 15) is 40.1 Å². The molecule has 2 amide bonds. The number of piperazine rings is 1. The van der Waals surface area contributed by atoms with Crippen molar-refractivity contribution in [3.8, 4) is 28.4 Å². The van der Waals surface area contributed by atoms with E-state index in [4.69, 9.17) is 49.6 Å². The predicted octanol–water partition coefficient (Wildman–Crippen LogP) is 6.61. The number of aryl methyl sites for hydroxylation is 1. The number of carbonyl (C=O) groups excluding carboxylic acids is 2. The second-order valence-electron chi connectivity index (χ2n) is 19.9. The van der Waals surface area contributed by atoms with Gasteiger partial charge in [-0.05, 0) is 94.0 Å². The van der Waals surface area contributed by atoms with E-state index in [1.165, 1.54) is 30.6 Å². The normalized spacial score (nSPS) is 14.3. The summed E-state index contributed by atoms with van der Waals surface area (Å²) in [7, 11) is -15.3. The zero-order valence-electron chi connectivity index (χ0n) is 48.9. The monoisotopic (exact) mass is 1280 g/mol. The molecular weight excluding hydrogens is 1200 g/mol. The van der Waals surface area contributed by atoms with Crippen molar-refractivity contribution in [3.05, 3.63) is 112 Å². The minimum atomic E-state index is -4.71. The van der Waals surface area contributed by atoms with E-state index in [0.29, 0.717) is 55.3 Å². The smallest absolute Gasteiger partial charge is 0.332 e. The van der Waals surface area contributed by atoms with Gasteiger partial charge in [0.05, 0.1) is 66.7 Å². The minimum Gasteiger partial charge on any atom is -0.488 e. The molecule has 2 atom stereocenters. The number of aromatic nitrogens is 4. The molecule has 1 aliphatic heterocycles. The molecule has 1 aliphatic rings. The first-order chi connectivity index (χ1) is 40.4. The Morgan fingerprint density at radius 1 is 0.776 bits per heavy atom. The first-order valence-electron chi connectivity index (χ1n) is 27.8. The van der Waals surface area contributed by atoms with Gasteiger partial charge in [0.1, 0.15) is 48.8 Å². The Morgan fingerprint density at radius 2 is 1.41 bits per heavy atom. The van der Waals surface area contributed by atoms with E-state index in [1.54, 1.807) is 37.3 Å². The topological polar surface area (TPSA) is 322 Å². The number of amides is 2. The molecule has 0 unspecified atom stereocenters. The molecule has 85 heavy (non-hydrogen) atoms. The molecule has 5 aromatic rings. The number of benzene rings is 3. The number of nitrogens with two attached hydrogens (primary N) is 1. The van der Waals surface area contributed by atoms with Gasteiger partial charge in [0.15, 0.2) is 9.84 Å². The zero-order chi connectivity index (χ0) is 62.0. The van der Waals surface area contributed by atoms with Crippen LogP contribution in [-0.4, -0.2) is 165 Å². The van der Waals surface area contributed by atoms with Crippen LogP contribution < -0.4 is 30.6 Å². The summed E-state index contributed by atoms with van der Waals surface area (Å²) < 4.78 is 127. The van der Waals surface area contributed by atoms with E-state index in [1.807, 2.05) is 56.4 Å². The molecule has 25 nitrogen and oxygen atoms in total. The molecule has 468 valence electrons. The van der Waals surface area contributed by atoms with Crippen LogP contribution in [0.5, 0.6) is 17.2 Å². The second kappa shape index (κ2) is 32.0. The van der Waals surface area contributed by atoms with E-state index >= 15 is 0 Å². The Bertz CT molecular complexity index is 3370. The van der Waals surface area contributed by atoms with Crippen LogP contribution in [0.4, 0.5) is 0 Å². The van der Waals surface area contributed by atoms with Crippen LogP contribution in [0.25, 0.3) is 11.1 Å². The van der Waals surface area contributed by atoms with Crippen molar-refractivity contribution in [1.29, 1.82) is 0 Å². The Kier molecular flexibility index (Phi) is 25.9. The molecule has 1 saturated heterocycles. The minimum absolute atomic E-state index is 0.0253. The van der Waals surface area contributed by atoms with Gasteiger partial charge < -0.3 is 53.6 Å². The maximum absolute atomic E-state index is 13.4. The molecule has 3 aromatic carbocycles. The molecule has 6 rings (SSSR count). The maximum atomic E-state index is 13.4. The fraction of sp³-hybridized carbons (Fsp3) is 0.509. The van der Waals surface area contributed by atoms with Gasteiger partial charge in [-0.25, -0.2) is 8.42 Å². The fourth-order valence-corrected chi connectivity index (χ4v) is 14.1. The Labute approximate surface area is 502 Å². The van der Waals surface area contributed by atoms with Crippen molar-refractivity contribution in [2.75, 3.05) is 90.0 Å². The third-order valence-corrected chi connectivity index (χ3v) is 19.9. The number of hydrogen-bond donors (Lipinski definition) is 4. The Balaban J connectivity index is 1.08. The molecule has 0 radical (unpaired) electrons. The lowest BCUT2D eigenvalue weighted by Crippen LogP contribution is -2.54. The quantitative estimate of drug-likeness (QED) is 0.0245. The largest absolute Gasteiger partial charge is 0.488 e. The Morgan fingerprint density at radius 3 is 2.07 bits per heavy atom. The molecule has 3 heterocycles. The van der Waals surface area contributed by atoms with Crippen molar-refractivity contribution in [1.82, 2.24) is 40.4 Å². The number of pyridine rings is 1. The SMILES string of the molecule is CCOP(=O)(CCNC(=O)[C@H](CS(=O)(=O)O)NCc1cc(Cl)c(OCc2cccc(-c3cccc(OCc4cn(CCCN5CCN(C(=O)[C@@H](N)CP(=O)(OCC)OCC)CC5)nn4)c3C)c2C)cc1OCc1cncc(S(C)(=O)=O)c1)OCC. The molecule has 0 saturated carbocycles. The van der Waals surface area contributed by atoms with Gasteiger partial charge in [0, 0.05) is 88.2 Å². The highest BCUT2D eigenvalue weighted by atomic mass is 35.5. The van der Waals surface area contributed by atoms with Crippen LogP contribution in [0.3, 0.4) is 0 Å². The molecule has 2 aromatic heterocycles. The Hall–Kier alpha value is -5.38. The second-order valence-corrected chi connectivity index (χ2v) is 28.2. The molecular formula is C55H78ClN9O16P2S2. The number of rotatable bonds is 35. The first kappa shape index (κ1) is 68.7. The number of nitrogens with zero attached hydrogens (tertiary/aromatic N) is 6. The summed E-state index contributed by atoms with van der Waals surface area (Å²) >= 11 is 6.88. The van der Waals surface area contributed by atoms with E-state index in [0.717, 1.165) is 47.0 Å². The fourth-order valence-electron chi connectivity index (χ4n) is 9.29. The number of halogens is 1. The summed E-state index contributed by atoms with van der Waals surface area (Å²) in [6, 6.07) is 13.6. The van der Waals surface area contributed by atoms with Gasteiger partial charge in [-0.2, -0.15) is 8.42 Å². The van der Waals surface area contributed by atoms with Crippen molar-refractivity contribution < 1.29 is 72.4 Å². The highest BCUT2D eigenvalue weighted by Crippen LogP contribution is 2.49. The van der Waals surface area contributed by atoms with Crippen molar-refractivity contribution >= 4 is 58.6 Å². The van der Waals surface area contributed by atoms with E-state index in [2.05, 4.69) is 30.8 Å². The molecule has 5 N–H and O–H groups in total. The molecule has 1 fully saturated rings. The van der Waals surface area contributed by atoms with Crippen molar-refractivity contribution in [3.63, 3.8) is 0 Å². The van der Waals surface area contributed by atoms with Crippen LogP contribution in [0.15, 0.2) is 78.1 Å². The molecule has 0 spiro atoms. The van der Waals surface area contributed by atoms with E-state index < -0.39 is 58.9 Å². The third kappa shape index (κ3) is 20.9. The molecule has 30 heteroatoms. The van der Waals surface area contributed by atoms with Gasteiger partial charge >= 0.3 is 15.2 Å². The van der Waals surface area contributed by atoms with Crippen LogP contribution in [-0.2, 0) is 89.7 Å². The number of carbonyl (C=O) groups is 2. The summed E-state index contributed by atoms with van der Waals surface area (Å²) in [5, 5.41) is 14.2. The van der Waals surface area contributed by atoms with E-state index in [-0.39, 0.29) is 99.0 Å². The van der Waals surface area contributed by atoms with Gasteiger partial charge in [-0.3, -0.25) is 37.8 Å². The zero-order valence-corrected chi connectivity index (χ0v) is 53.1. The number of sulfone groups is 1. The van der Waals surface area contributed by atoms with Crippen LogP contribution in [0.2, 0.25) is 5.02 Å². The summed E-state index contributed by atoms with van der Waals surface area (Å²) in [6.07, 6.45) is 6.01. The third-order valence-electron chi connectivity index (χ3n) is 13.6. The summed E-state index contributed by atoms with van der Waals surface area (Å²) in [5.74, 6) is -1.08. The predicted molar refractivity (Wildman–Crippen MR) is 320 cm³/mol. The van der Waals surface area contributed by atoms with Crippen LogP contribution >= 0.6 is 26.8 Å². The molecule has 0 aliphatic carbocycles. The number of ether oxygens (including phenoxy) is 3. The highest BCUT2D eigenvalue weighted by Gasteiger charge is 2.34.